The van der Waals surface area contributed by atoms with E-state index in [1.54, 1.807) is 11.3 Å². The fraction of sp³-hybridized carbons (Fsp3) is 0.261. The maximum atomic E-state index is 13.1. The van der Waals surface area contributed by atoms with Crippen molar-refractivity contribution in [3.8, 4) is 0 Å². The Hall–Kier alpha value is -2.59. The van der Waals surface area contributed by atoms with Gasteiger partial charge in [0, 0.05) is 11.4 Å². The molecule has 2 amide bonds. The molecule has 0 spiro atoms. The Morgan fingerprint density at radius 3 is 2.48 bits per heavy atom. The zero-order valence-corrected chi connectivity index (χ0v) is 16.1. The van der Waals surface area contributed by atoms with Crippen LogP contribution in [0.25, 0.3) is 0 Å². The highest BCUT2D eigenvalue weighted by Crippen LogP contribution is 2.34. The number of amides is 2. The molecule has 4 heteroatoms. The zero-order chi connectivity index (χ0) is 18.5. The fourth-order valence-electron chi connectivity index (χ4n) is 3.81. The molecule has 3 aromatic rings. The first-order valence-corrected chi connectivity index (χ1v) is 10.4. The summed E-state index contributed by atoms with van der Waals surface area (Å²) in [6.07, 6.45) is 2.89. The van der Waals surface area contributed by atoms with Gasteiger partial charge in [-0.25, -0.2) is 4.79 Å². The molecule has 0 bridgehead atoms. The fourth-order valence-corrected chi connectivity index (χ4v) is 4.68. The summed E-state index contributed by atoms with van der Waals surface area (Å²) in [5.74, 6) is 0. The molecule has 1 saturated heterocycles. The van der Waals surface area contributed by atoms with Gasteiger partial charge < -0.3 is 10.2 Å². The van der Waals surface area contributed by atoms with Crippen LogP contribution in [0.5, 0.6) is 0 Å². The van der Waals surface area contributed by atoms with E-state index in [0.29, 0.717) is 0 Å². The van der Waals surface area contributed by atoms with E-state index in [1.807, 2.05) is 41.3 Å². The molecule has 1 fully saturated rings. The third-order valence-electron chi connectivity index (χ3n) is 5.17. The Balaban J connectivity index is 1.53. The third kappa shape index (κ3) is 4.22. The molecule has 138 valence electrons. The van der Waals surface area contributed by atoms with E-state index in [4.69, 9.17) is 0 Å². The summed E-state index contributed by atoms with van der Waals surface area (Å²) >= 11 is 1.74. The van der Waals surface area contributed by atoms with Crippen LogP contribution in [0.4, 0.5) is 4.79 Å². The molecule has 2 aromatic carbocycles. The van der Waals surface area contributed by atoms with Crippen LogP contribution in [0, 0.1) is 0 Å². The molecule has 1 N–H and O–H groups in total. The Bertz CT molecular complexity index is 849. The maximum Gasteiger partial charge on any atom is 0.318 e. The van der Waals surface area contributed by atoms with Gasteiger partial charge in [0.15, 0.2) is 0 Å². The van der Waals surface area contributed by atoms with E-state index in [1.165, 1.54) is 10.4 Å². The van der Waals surface area contributed by atoms with Crippen LogP contribution < -0.4 is 5.32 Å². The van der Waals surface area contributed by atoms with Crippen molar-refractivity contribution in [3.05, 3.63) is 94.2 Å². The van der Waals surface area contributed by atoms with Crippen LogP contribution in [-0.2, 0) is 6.42 Å². The quantitative estimate of drug-likeness (QED) is 0.619. The summed E-state index contributed by atoms with van der Waals surface area (Å²) in [5.41, 5.74) is 2.37. The second-order valence-corrected chi connectivity index (χ2v) is 7.95. The van der Waals surface area contributed by atoms with Crippen molar-refractivity contribution in [2.75, 3.05) is 6.54 Å². The van der Waals surface area contributed by atoms with Gasteiger partial charge in [-0.1, -0.05) is 66.7 Å². The monoisotopic (exact) mass is 376 g/mol. The number of nitrogens with one attached hydrogen (secondary N) is 1. The number of urea groups is 1. The van der Waals surface area contributed by atoms with Crippen LogP contribution in [0.15, 0.2) is 78.2 Å². The van der Waals surface area contributed by atoms with Gasteiger partial charge in [0.25, 0.3) is 0 Å². The molecule has 1 aliphatic heterocycles. The molecular formula is C23H24N2OS. The minimum atomic E-state index is -0.0364. The van der Waals surface area contributed by atoms with Gasteiger partial charge in [-0.3, -0.25) is 0 Å². The molecule has 4 rings (SSSR count). The number of carbonyl (C=O) groups excluding carboxylic acids is 1. The first kappa shape index (κ1) is 17.8. The third-order valence-corrected chi connectivity index (χ3v) is 6.14. The van der Waals surface area contributed by atoms with Crippen molar-refractivity contribution in [2.24, 2.45) is 0 Å². The number of nitrogens with zero attached hydrogens (tertiary/aromatic N) is 1. The predicted octanol–water partition coefficient (Wildman–Crippen LogP) is 5.58. The van der Waals surface area contributed by atoms with E-state index in [2.05, 4.69) is 47.1 Å². The van der Waals surface area contributed by atoms with Crippen LogP contribution in [0.3, 0.4) is 0 Å². The number of hydrogen-bond donors (Lipinski definition) is 1. The average molecular weight is 377 g/mol. The molecule has 2 heterocycles. The van der Waals surface area contributed by atoms with Crippen LogP contribution in [-0.4, -0.2) is 17.5 Å². The predicted molar refractivity (Wildman–Crippen MR) is 111 cm³/mol. The minimum absolute atomic E-state index is 0.0364. The average Bonchev–Trinajstić information content (AvgIpc) is 3.40. The highest BCUT2D eigenvalue weighted by Gasteiger charge is 2.31. The molecule has 3 nitrogen and oxygen atoms in total. The zero-order valence-electron chi connectivity index (χ0n) is 15.3. The molecule has 1 aliphatic rings. The van der Waals surface area contributed by atoms with Crippen molar-refractivity contribution in [2.45, 2.75) is 31.3 Å². The maximum absolute atomic E-state index is 13.1. The van der Waals surface area contributed by atoms with Crippen molar-refractivity contribution >= 4 is 17.4 Å². The highest BCUT2D eigenvalue weighted by molar-refractivity contribution is 7.10. The number of rotatable bonds is 5. The van der Waals surface area contributed by atoms with E-state index < -0.39 is 0 Å². The van der Waals surface area contributed by atoms with Crippen LogP contribution >= 0.6 is 11.3 Å². The van der Waals surface area contributed by atoms with Crippen molar-refractivity contribution in [1.82, 2.24) is 10.2 Å². The second-order valence-electron chi connectivity index (χ2n) is 6.97. The Kier molecular flexibility index (Phi) is 5.54. The minimum Gasteiger partial charge on any atom is -0.331 e. The first-order valence-electron chi connectivity index (χ1n) is 9.50. The molecular weight excluding hydrogens is 352 g/mol. The largest absolute Gasteiger partial charge is 0.331 e. The topological polar surface area (TPSA) is 32.3 Å². The van der Waals surface area contributed by atoms with Crippen molar-refractivity contribution < 1.29 is 4.79 Å². The van der Waals surface area contributed by atoms with Gasteiger partial charge in [0.05, 0.1) is 12.1 Å². The number of benzene rings is 2. The first-order chi connectivity index (χ1) is 13.3. The summed E-state index contributed by atoms with van der Waals surface area (Å²) in [6, 6.07) is 25.0. The summed E-state index contributed by atoms with van der Waals surface area (Å²) in [6.45, 7) is 0.821. The molecule has 1 aromatic heterocycles. The summed E-state index contributed by atoms with van der Waals surface area (Å²) in [4.78, 5) is 16.4. The molecule has 27 heavy (non-hydrogen) atoms. The molecule has 0 radical (unpaired) electrons. The molecule has 0 saturated carbocycles. The van der Waals surface area contributed by atoms with Gasteiger partial charge in [-0.2, -0.15) is 0 Å². The summed E-state index contributed by atoms with van der Waals surface area (Å²) < 4.78 is 0. The van der Waals surface area contributed by atoms with E-state index >= 15 is 0 Å². The van der Waals surface area contributed by atoms with Gasteiger partial charge in [-0.15, -0.1) is 11.3 Å². The smallest absolute Gasteiger partial charge is 0.318 e. The number of hydrogen-bond acceptors (Lipinski definition) is 2. The second kappa shape index (κ2) is 8.40. The highest BCUT2D eigenvalue weighted by atomic mass is 32.1. The standard InChI is InChI=1S/C23H24N2OS/c26-23(25-15-7-13-21(25)22-14-8-16-27-22)24-20(19-11-5-2-6-12-19)17-18-9-3-1-4-10-18/h1-6,8-12,14,16,20-21H,7,13,15,17H2,(H,24,26). The normalized spacial score (nSPS) is 17.6. The van der Waals surface area contributed by atoms with Gasteiger partial charge >= 0.3 is 6.03 Å². The molecule has 2 atom stereocenters. The van der Waals surface area contributed by atoms with E-state index in [-0.39, 0.29) is 18.1 Å². The van der Waals surface area contributed by atoms with Crippen molar-refractivity contribution in [3.63, 3.8) is 0 Å². The summed E-state index contributed by atoms with van der Waals surface area (Å²) in [5, 5.41) is 5.40. The molecule has 2 unspecified atom stereocenters. The lowest BCUT2D eigenvalue weighted by atomic mass is 9.99. The van der Waals surface area contributed by atoms with E-state index in [9.17, 15) is 4.79 Å². The van der Waals surface area contributed by atoms with E-state index in [0.717, 1.165) is 31.4 Å². The molecule has 0 aliphatic carbocycles. The Morgan fingerprint density at radius 2 is 1.78 bits per heavy atom. The lowest BCUT2D eigenvalue weighted by molar-refractivity contribution is 0.189. The number of carbonyl (C=O) groups is 1. The van der Waals surface area contributed by atoms with Gasteiger partial charge in [0.2, 0.25) is 0 Å². The summed E-state index contributed by atoms with van der Waals surface area (Å²) in [7, 11) is 0. The van der Waals surface area contributed by atoms with Crippen LogP contribution in [0.1, 0.15) is 40.9 Å². The van der Waals surface area contributed by atoms with Gasteiger partial charge in [0.1, 0.15) is 0 Å². The van der Waals surface area contributed by atoms with Crippen LogP contribution in [0.2, 0.25) is 0 Å². The van der Waals surface area contributed by atoms with Gasteiger partial charge in [-0.05, 0) is 41.8 Å². The lowest BCUT2D eigenvalue weighted by Crippen LogP contribution is -2.41. The van der Waals surface area contributed by atoms with Crippen molar-refractivity contribution in [1.29, 1.82) is 0 Å². The lowest BCUT2D eigenvalue weighted by Gasteiger charge is -2.28. The number of thiophene rings is 1. The Labute approximate surface area is 164 Å². The number of likely N-dealkylation sites (tertiary alicyclic amines) is 1. The SMILES string of the molecule is O=C(NC(Cc1ccccc1)c1ccccc1)N1CCCC1c1cccs1. The Morgan fingerprint density at radius 1 is 1.04 bits per heavy atom.